The zero-order valence-corrected chi connectivity index (χ0v) is 6.59. The zero-order chi connectivity index (χ0) is 7.14. The molecular formula is C8H16N2. The average Bonchev–Trinajstić information content (AvgIpc) is 2.44. The first kappa shape index (κ1) is 6.62. The Balaban J connectivity index is 1.79. The van der Waals surface area contributed by atoms with Crippen LogP contribution in [0.1, 0.15) is 13.3 Å². The molecule has 0 aromatic carbocycles. The summed E-state index contributed by atoms with van der Waals surface area (Å²) in [6.07, 6.45) is 1.29. The molecule has 2 aliphatic rings. The van der Waals surface area contributed by atoms with Crippen LogP contribution in [0.15, 0.2) is 0 Å². The molecule has 0 aromatic heterocycles. The molecule has 58 valence electrons. The summed E-state index contributed by atoms with van der Waals surface area (Å²) in [5, 5.41) is 0. The van der Waals surface area contributed by atoms with Crippen molar-refractivity contribution >= 4 is 0 Å². The van der Waals surface area contributed by atoms with Crippen LogP contribution in [0.5, 0.6) is 0 Å². The summed E-state index contributed by atoms with van der Waals surface area (Å²) in [7, 11) is 0. The van der Waals surface area contributed by atoms with Crippen LogP contribution < -0.4 is 5.73 Å². The van der Waals surface area contributed by atoms with E-state index in [1.54, 1.807) is 0 Å². The van der Waals surface area contributed by atoms with Gasteiger partial charge < -0.3 is 10.6 Å². The summed E-state index contributed by atoms with van der Waals surface area (Å²) < 4.78 is 0. The van der Waals surface area contributed by atoms with Crippen molar-refractivity contribution in [2.24, 2.45) is 17.6 Å². The van der Waals surface area contributed by atoms with E-state index in [-0.39, 0.29) is 0 Å². The highest BCUT2D eigenvalue weighted by Crippen LogP contribution is 2.43. The normalized spacial score (nSPS) is 45.6. The molecule has 3 atom stereocenters. The Morgan fingerprint density at radius 3 is 2.50 bits per heavy atom. The fourth-order valence-electron chi connectivity index (χ4n) is 2.16. The third kappa shape index (κ3) is 0.867. The lowest BCUT2D eigenvalue weighted by atomic mass is 10.3. The van der Waals surface area contributed by atoms with Crippen molar-refractivity contribution in [1.82, 2.24) is 4.90 Å². The monoisotopic (exact) mass is 140 g/mol. The second-order valence-corrected chi connectivity index (χ2v) is 3.66. The van der Waals surface area contributed by atoms with Crippen molar-refractivity contribution in [3.8, 4) is 0 Å². The highest BCUT2D eigenvalue weighted by Gasteiger charge is 2.52. The maximum atomic E-state index is 5.80. The highest BCUT2D eigenvalue weighted by molar-refractivity contribution is 5.08. The molecule has 1 saturated heterocycles. The number of hydrogen-bond donors (Lipinski definition) is 1. The number of nitrogens with zero attached hydrogens (tertiary/aromatic N) is 1. The van der Waals surface area contributed by atoms with Crippen molar-refractivity contribution in [3.63, 3.8) is 0 Å². The van der Waals surface area contributed by atoms with Gasteiger partial charge in [-0.15, -0.1) is 0 Å². The molecule has 0 unspecified atom stereocenters. The van der Waals surface area contributed by atoms with Gasteiger partial charge in [0, 0.05) is 19.1 Å². The van der Waals surface area contributed by atoms with E-state index in [2.05, 4.69) is 11.8 Å². The molecule has 2 heteroatoms. The van der Waals surface area contributed by atoms with E-state index in [9.17, 15) is 0 Å². The third-order valence-electron chi connectivity index (χ3n) is 2.88. The van der Waals surface area contributed by atoms with Crippen LogP contribution in [0.2, 0.25) is 0 Å². The van der Waals surface area contributed by atoms with Gasteiger partial charge in [-0.2, -0.15) is 0 Å². The summed E-state index contributed by atoms with van der Waals surface area (Å²) in [6.45, 7) is 6.07. The van der Waals surface area contributed by atoms with E-state index in [0.717, 1.165) is 11.8 Å². The number of rotatable bonds is 2. The van der Waals surface area contributed by atoms with E-state index < -0.39 is 0 Å². The van der Waals surface area contributed by atoms with Crippen molar-refractivity contribution in [2.45, 2.75) is 19.4 Å². The molecule has 2 N–H and O–H groups in total. The van der Waals surface area contributed by atoms with Crippen molar-refractivity contribution in [3.05, 3.63) is 0 Å². The fraction of sp³-hybridized carbons (Fsp3) is 1.00. The Hall–Kier alpha value is -0.0800. The molecule has 1 heterocycles. The van der Waals surface area contributed by atoms with Crippen LogP contribution in [0.3, 0.4) is 0 Å². The molecule has 1 aliphatic carbocycles. The number of piperidine rings is 1. The van der Waals surface area contributed by atoms with Gasteiger partial charge in [-0.3, -0.25) is 0 Å². The molecule has 0 aromatic rings. The van der Waals surface area contributed by atoms with Gasteiger partial charge in [0.25, 0.3) is 0 Å². The maximum absolute atomic E-state index is 5.80. The predicted octanol–water partition coefficient (Wildman–Crippen LogP) is 0.285. The zero-order valence-electron chi connectivity index (χ0n) is 6.59. The molecule has 0 bridgehead atoms. The van der Waals surface area contributed by atoms with E-state index >= 15 is 0 Å². The topological polar surface area (TPSA) is 29.3 Å². The summed E-state index contributed by atoms with van der Waals surface area (Å²) in [4.78, 5) is 2.54. The SMILES string of the molecule is CCCN1C[C@@H]2[C@@H](N)[C@@H]2C1. The Bertz CT molecular complexity index is 123. The first-order chi connectivity index (χ1) is 4.83. The maximum Gasteiger partial charge on any atom is 0.0127 e. The molecule has 2 rings (SSSR count). The minimum Gasteiger partial charge on any atom is -0.327 e. The van der Waals surface area contributed by atoms with Gasteiger partial charge in [-0.1, -0.05) is 6.92 Å². The average molecular weight is 140 g/mol. The Morgan fingerprint density at radius 2 is 2.00 bits per heavy atom. The van der Waals surface area contributed by atoms with Gasteiger partial charge in [-0.25, -0.2) is 0 Å². The number of fused-ring (bicyclic) bond motifs is 1. The van der Waals surface area contributed by atoms with Crippen molar-refractivity contribution < 1.29 is 0 Å². The van der Waals surface area contributed by atoms with E-state index in [0.29, 0.717) is 6.04 Å². The van der Waals surface area contributed by atoms with Crippen LogP contribution >= 0.6 is 0 Å². The van der Waals surface area contributed by atoms with Gasteiger partial charge in [0.2, 0.25) is 0 Å². The molecule has 2 fully saturated rings. The minimum absolute atomic E-state index is 0.563. The summed E-state index contributed by atoms with van der Waals surface area (Å²) >= 11 is 0. The molecule has 0 spiro atoms. The van der Waals surface area contributed by atoms with Crippen molar-refractivity contribution in [1.29, 1.82) is 0 Å². The van der Waals surface area contributed by atoms with E-state index in [1.165, 1.54) is 26.1 Å². The highest BCUT2D eigenvalue weighted by atomic mass is 15.2. The van der Waals surface area contributed by atoms with Gasteiger partial charge >= 0.3 is 0 Å². The van der Waals surface area contributed by atoms with Gasteiger partial charge in [0.1, 0.15) is 0 Å². The second kappa shape index (κ2) is 2.21. The van der Waals surface area contributed by atoms with Crippen LogP contribution in [-0.2, 0) is 0 Å². The Kier molecular flexibility index (Phi) is 1.46. The van der Waals surface area contributed by atoms with Crippen LogP contribution in [0, 0.1) is 11.8 Å². The summed E-state index contributed by atoms with van der Waals surface area (Å²) in [5.74, 6) is 1.73. The lowest BCUT2D eigenvalue weighted by Gasteiger charge is -2.16. The largest absolute Gasteiger partial charge is 0.327 e. The summed E-state index contributed by atoms with van der Waals surface area (Å²) in [5.41, 5.74) is 5.80. The first-order valence-corrected chi connectivity index (χ1v) is 4.31. The fourth-order valence-corrected chi connectivity index (χ4v) is 2.16. The van der Waals surface area contributed by atoms with Gasteiger partial charge in [0.15, 0.2) is 0 Å². The Morgan fingerprint density at radius 1 is 1.40 bits per heavy atom. The van der Waals surface area contributed by atoms with Crippen molar-refractivity contribution in [2.75, 3.05) is 19.6 Å². The number of hydrogen-bond acceptors (Lipinski definition) is 2. The van der Waals surface area contributed by atoms with Crippen LogP contribution in [-0.4, -0.2) is 30.6 Å². The molecule has 2 nitrogen and oxygen atoms in total. The lowest BCUT2D eigenvalue weighted by molar-refractivity contribution is 0.299. The van der Waals surface area contributed by atoms with Crippen LogP contribution in [0.4, 0.5) is 0 Å². The lowest BCUT2D eigenvalue weighted by Crippen LogP contribution is -2.28. The van der Waals surface area contributed by atoms with Gasteiger partial charge in [0.05, 0.1) is 0 Å². The Labute approximate surface area is 62.4 Å². The van der Waals surface area contributed by atoms with E-state index in [4.69, 9.17) is 5.73 Å². The molecule has 0 radical (unpaired) electrons. The predicted molar refractivity (Wildman–Crippen MR) is 41.7 cm³/mol. The molecule has 10 heavy (non-hydrogen) atoms. The quantitative estimate of drug-likeness (QED) is 0.597. The number of nitrogens with two attached hydrogens (primary N) is 1. The van der Waals surface area contributed by atoms with Crippen LogP contribution in [0.25, 0.3) is 0 Å². The third-order valence-corrected chi connectivity index (χ3v) is 2.88. The van der Waals surface area contributed by atoms with E-state index in [1.807, 2.05) is 0 Å². The second-order valence-electron chi connectivity index (χ2n) is 3.66. The molecule has 1 saturated carbocycles. The smallest absolute Gasteiger partial charge is 0.0127 e. The first-order valence-electron chi connectivity index (χ1n) is 4.31. The summed E-state index contributed by atoms with van der Waals surface area (Å²) in [6, 6.07) is 0.563. The minimum atomic E-state index is 0.563. The standard InChI is InChI=1S/C8H16N2/c1-2-3-10-4-6-7(5-10)8(6)9/h6-8H,2-5,9H2,1H3/t6-,7+,8+. The molecule has 0 amide bonds. The number of likely N-dealkylation sites (tertiary alicyclic amines) is 1. The molecular weight excluding hydrogens is 124 g/mol. The molecule has 1 aliphatic heterocycles. The van der Waals surface area contributed by atoms with Gasteiger partial charge in [-0.05, 0) is 24.8 Å².